The van der Waals surface area contributed by atoms with Crippen LogP contribution in [-0.2, 0) is 4.79 Å². The van der Waals surface area contributed by atoms with Crippen molar-refractivity contribution in [2.24, 2.45) is 0 Å². The van der Waals surface area contributed by atoms with Crippen molar-refractivity contribution in [3.8, 4) is 0 Å². The Morgan fingerprint density at radius 2 is 0.608 bits per heavy atom. The van der Waals surface area contributed by atoms with Crippen LogP contribution in [0.2, 0.25) is 0 Å². The minimum atomic E-state index is -0.871. The van der Waals surface area contributed by atoms with Crippen LogP contribution in [0.3, 0.4) is 0 Å². The van der Waals surface area contributed by atoms with Gasteiger partial charge in [-0.1, -0.05) is 308 Å². The Morgan fingerprint density at radius 1 is 0.338 bits per heavy atom. The first-order chi connectivity index (χ1) is 36.7. The van der Waals surface area contributed by atoms with Gasteiger partial charge in [0, 0.05) is 6.42 Å². The zero-order valence-electron chi connectivity index (χ0n) is 48.6. The summed E-state index contributed by atoms with van der Waals surface area (Å²) < 4.78 is 0. The lowest BCUT2D eigenvalue weighted by molar-refractivity contribution is -0.123. The lowest BCUT2D eigenvalue weighted by atomic mass is 10.0. The summed E-state index contributed by atoms with van der Waals surface area (Å²) >= 11 is 0. The number of allylic oxidation sites excluding steroid dienone is 21. The molecule has 0 saturated carbocycles. The largest absolute Gasteiger partial charge is 0.394 e. The molecule has 422 valence electrons. The normalized spacial score (nSPS) is 13.7. The second-order valence-corrected chi connectivity index (χ2v) is 20.7. The molecule has 0 aliphatic carbocycles. The summed E-state index contributed by atoms with van der Waals surface area (Å²) in [4.78, 5) is 12.5. The molecule has 0 aromatic rings. The summed E-state index contributed by atoms with van der Waals surface area (Å²) in [5, 5.41) is 23.2. The molecule has 2 unspecified atom stereocenters. The topological polar surface area (TPSA) is 69.6 Å². The number of carbonyl (C=O) groups excluding carboxylic acids is 1. The zero-order chi connectivity index (χ0) is 53.4. The maximum absolute atomic E-state index is 12.5. The van der Waals surface area contributed by atoms with Crippen molar-refractivity contribution in [1.29, 1.82) is 0 Å². The third-order valence-corrected chi connectivity index (χ3v) is 13.6. The highest BCUT2D eigenvalue weighted by Crippen LogP contribution is 2.16. The molecule has 0 aromatic carbocycles. The van der Waals surface area contributed by atoms with Crippen molar-refractivity contribution >= 4 is 5.91 Å². The van der Waals surface area contributed by atoms with Gasteiger partial charge in [-0.05, 0) is 103 Å². The Labute approximate surface area is 460 Å². The van der Waals surface area contributed by atoms with Crippen LogP contribution in [-0.4, -0.2) is 34.9 Å². The number of aliphatic hydroxyl groups is 2. The van der Waals surface area contributed by atoms with Crippen molar-refractivity contribution in [2.45, 2.75) is 296 Å². The number of hydrogen-bond acceptors (Lipinski definition) is 3. The molecule has 2 atom stereocenters. The summed E-state index contributed by atoms with van der Waals surface area (Å²) in [6.45, 7) is 4.19. The van der Waals surface area contributed by atoms with Gasteiger partial charge < -0.3 is 15.5 Å². The molecule has 0 aromatic heterocycles. The van der Waals surface area contributed by atoms with Gasteiger partial charge in [-0.3, -0.25) is 4.79 Å². The van der Waals surface area contributed by atoms with E-state index in [-0.39, 0.29) is 12.5 Å². The number of hydrogen-bond donors (Lipinski definition) is 3. The van der Waals surface area contributed by atoms with Crippen molar-refractivity contribution in [2.75, 3.05) is 6.61 Å². The molecule has 0 heterocycles. The van der Waals surface area contributed by atoms with Gasteiger partial charge in [0.2, 0.25) is 5.91 Å². The van der Waals surface area contributed by atoms with Crippen molar-refractivity contribution in [3.63, 3.8) is 0 Å². The Bertz CT molecular complexity index is 1490. The fraction of sp³-hybridized carbons (Fsp3) is 0.671. The number of rotatable bonds is 56. The molecular formula is C70H119NO3. The Morgan fingerprint density at radius 3 is 0.946 bits per heavy atom. The zero-order valence-corrected chi connectivity index (χ0v) is 48.6. The number of aliphatic hydroxyl groups excluding tert-OH is 2. The van der Waals surface area contributed by atoms with E-state index >= 15 is 0 Å². The summed E-state index contributed by atoms with van der Waals surface area (Å²) in [6.07, 6.45) is 99.2. The van der Waals surface area contributed by atoms with Crippen LogP contribution < -0.4 is 5.32 Å². The molecule has 1 amide bonds. The highest BCUT2D eigenvalue weighted by Gasteiger charge is 2.18. The number of unbranched alkanes of at least 4 members (excludes halogenated alkanes) is 29. The van der Waals surface area contributed by atoms with Crippen LogP contribution in [0.5, 0.6) is 0 Å². The smallest absolute Gasteiger partial charge is 0.220 e. The lowest BCUT2D eigenvalue weighted by Crippen LogP contribution is -2.45. The Balaban J connectivity index is 3.58. The van der Waals surface area contributed by atoms with Gasteiger partial charge in [0.15, 0.2) is 0 Å². The van der Waals surface area contributed by atoms with Crippen molar-refractivity contribution in [1.82, 2.24) is 5.32 Å². The maximum Gasteiger partial charge on any atom is 0.220 e. The fourth-order valence-electron chi connectivity index (χ4n) is 8.89. The molecule has 74 heavy (non-hydrogen) atoms. The van der Waals surface area contributed by atoms with Crippen LogP contribution >= 0.6 is 0 Å². The van der Waals surface area contributed by atoms with E-state index in [2.05, 4.69) is 141 Å². The predicted molar refractivity (Wildman–Crippen MR) is 331 cm³/mol. The molecule has 0 spiro atoms. The minimum absolute atomic E-state index is 0.0779. The molecule has 0 aliphatic heterocycles. The van der Waals surface area contributed by atoms with Gasteiger partial charge >= 0.3 is 0 Å². The second-order valence-electron chi connectivity index (χ2n) is 20.7. The molecule has 0 rings (SSSR count). The first kappa shape index (κ1) is 70.5. The standard InChI is InChI=1S/C70H119NO3/c1-3-5-7-9-11-13-15-17-19-21-23-25-26-27-28-29-30-31-32-33-34-35-36-37-38-39-40-41-42-43-44-46-48-50-52-54-56-58-60-62-64-66-70(74)71-68(67-72)69(73)65-63-61-59-57-55-53-51-49-47-45-24-22-20-18-16-14-12-10-8-6-4-2/h5,7,11,13,17,19,23,25,27-28,30-31,33-34,36-37,39-40,55,57,63,65,68-69,72-73H,3-4,6,8-10,12,14-16,18,20-22,24,26,29,32,35,38,41-54,56,58-62,64,66-67H2,1-2H3,(H,71,74)/b7-5-,13-11-,19-17-,25-23-,28-27-,31-30-,34-33-,37-36-,40-39-,57-55+,65-63+. The van der Waals surface area contributed by atoms with E-state index in [1.165, 1.54) is 173 Å². The van der Waals surface area contributed by atoms with Gasteiger partial charge in [-0.25, -0.2) is 0 Å². The SMILES string of the molecule is CC/C=C\C/C=C\C/C=C\C/C=C\C/C=C\C/C=C\C/C=C\C/C=C\C/C=C\CCCCCCCCCCCCCCCC(=O)NC(CO)C(O)/C=C/CC/C=C/CCCCCCCCCCCCCCCCC. The first-order valence-corrected chi connectivity index (χ1v) is 31.4. The molecule has 3 N–H and O–H groups in total. The number of amides is 1. The molecule has 0 aliphatic rings. The van der Waals surface area contributed by atoms with Crippen LogP contribution in [0.4, 0.5) is 0 Å². The van der Waals surface area contributed by atoms with E-state index in [0.717, 1.165) is 89.9 Å². The van der Waals surface area contributed by atoms with Gasteiger partial charge in [0.25, 0.3) is 0 Å². The number of nitrogens with one attached hydrogen (secondary N) is 1. The molecule has 4 heteroatoms. The van der Waals surface area contributed by atoms with Crippen LogP contribution in [0.25, 0.3) is 0 Å². The molecule has 0 radical (unpaired) electrons. The Kier molecular flexibility index (Phi) is 60.8. The van der Waals surface area contributed by atoms with Crippen molar-refractivity contribution < 1.29 is 15.0 Å². The van der Waals surface area contributed by atoms with Gasteiger partial charge in [0.05, 0.1) is 18.8 Å². The lowest BCUT2D eigenvalue weighted by Gasteiger charge is -2.19. The van der Waals surface area contributed by atoms with E-state index in [1.807, 2.05) is 6.08 Å². The van der Waals surface area contributed by atoms with Crippen molar-refractivity contribution in [3.05, 3.63) is 134 Å². The summed E-state index contributed by atoms with van der Waals surface area (Å²) in [6, 6.07) is -0.648. The monoisotopic (exact) mass is 1020 g/mol. The summed E-state index contributed by atoms with van der Waals surface area (Å²) in [5.74, 6) is -0.0779. The second kappa shape index (κ2) is 63.8. The van der Waals surface area contributed by atoms with Crippen LogP contribution in [0.1, 0.15) is 284 Å². The third kappa shape index (κ3) is 59.4. The quantitative estimate of drug-likeness (QED) is 0.0420. The van der Waals surface area contributed by atoms with E-state index < -0.39 is 12.1 Å². The molecular weight excluding hydrogens is 903 g/mol. The van der Waals surface area contributed by atoms with Crippen LogP contribution in [0, 0.1) is 0 Å². The average molecular weight is 1020 g/mol. The Hall–Kier alpha value is -3.47. The highest BCUT2D eigenvalue weighted by molar-refractivity contribution is 5.76. The van der Waals surface area contributed by atoms with E-state index in [0.29, 0.717) is 6.42 Å². The molecule has 0 fully saturated rings. The van der Waals surface area contributed by atoms with E-state index in [4.69, 9.17) is 0 Å². The first-order valence-electron chi connectivity index (χ1n) is 31.4. The average Bonchev–Trinajstić information content (AvgIpc) is 3.40. The van der Waals surface area contributed by atoms with Gasteiger partial charge in [0.1, 0.15) is 0 Å². The maximum atomic E-state index is 12.5. The van der Waals surface area contributed by atoms with Crippen LogP contribution in [0.15, 0.2) is 134 Å². The molecule has 0 saturated heterocycles. The fourth-order valence-corrected chi connectivity index (χ4v) is 8.89. The van der Waals surface area contributed by atoms with E-state index in [9.17, 15) is 15.0 Å². The molecule has 0 bridgehead atoms. The van der Waals surface area contributed by atoms with Gasteiger partial charge in [-0.15, -0.1) is 0 Å². The highest BCUT2D eigenvalue weighted by atomic mass is 16.3. The van der Waals surface area contributed by atoms with E-state index in [1.54, 1.807) is 6.08 Å². The number of carbonyl (C=O) groups is 1. The van der Waals surface area contributed by atoms with Gasteiger partial charge in [-0.2, -0.15) is 0 Å². The summed E-state index contributed by atoms with van der Waals surface area (Å²) in [7, 11) is 0. The predicted octanol–water partition coefficient (Wildman–Crippen LogP) is 21.4. The minimum Gasteiger partial charge on any atom is -0.394 e. The third-order valence-electron chi connectivity index (χ3n) is 13.6. The summed E-state index contributed by atoms with van der Waals surface area (Å²) in [5.41, 5.74) is 0. The molecule has 4 nitrogen and oxygen atoms in total.